The summed E-state index contributed by atoms with van der Waals surface area (Å²) in [5, 5.41) is 11.9. The Morgan fingerprint density at radius 3 is 2.59 bits per heavy atom. The summed E-state index contributed by atoms with van der Waals surface area (Å²) in [4.78, 5) is 25.5. The van der Waals surface area contributed by atoms with Crippen molar-refractivity contribution in [3.05, 3.63) is 24.2 Å². The molecule has 2 aliphatic carbocycles. The van der Waals surface area contributed by atoms with Crippen LogP contribution in [0.2, 0.25) is 0 Å². The van der Waals surface area contributed by atoms with Crippen LogP contribution in [0.25, 0.3) is 0 Å². The smallest absolute Gasteiger partial charge is 0.339 e. The summed E-state index contributed by atoms with van der Waals surface area (Å²) in [6.07, 6.45) is 3.27. The number of esters is 2. The molecule has 2 spiro atoms. The third kappa shape index (κ3) is 2.07. The zero-order valence-electron chi connectivity index (χ0n) is 20.0. The highest BCUT2D eigenvalue weighted by Gasteiger charge is 2.89. The van der Waals surface area contributed by atoms with Gasteiger partial charge in [-0.15, -0.1) is 0 Å². The van der Waals surface area contributed by atoms with E-state index in [2.05, 4.69) is 27.7 Å². The van der Waals surface area contributed by atoms with Gasteiger partial charge in [0.25, 0.3) is 0 Å². The Hall–Kier alpha value is -1.90. The van der Waals surface area contributed by atoms with E-state index in [1.54, 1.807) is 12.5 Å². The van der Waals surface area contributed by atoms with Gasteiger partial charge < -0.3 is 28.5 Å². The number of carbonyl (C=O) groups excluding carboxylic acids is 2. The van der Waals surface area contributed by atoms with E-state index in [9.17, 15) is 14.7 Å². The molecule has 10 atom stereocenters. The number of ether oxygens (including phenoxy) is 4. The fraction of sp³-hybridized carbons (Fsp3) is 0.769. The number of carbonyl (C=O) groups is 2. The average molecular weight is 473 g/mol. The van der Waals surface area contributed by atoms with Gasteiger partial charge in [-0.2, -0.15) is 0 Å². The Morgan fingerprint density at radius 1 is 1.06 bits per heavy atom. The normalized spacial score (nSPS) is 54.5. The molecule has 0 aromatic carbocycles. The second kappa shape index (κ2) is 6.08. The lowest BCUT2D eigenvalue weighted by Crippen LogP contribution is -2.73. The largest absolute Gasteiger partial charge is 0.472 e. The van der Waals surface area contributed by atoms with Crippen LogP contribution in [-0.2, 0) is 28.5 Å². The van der Waals surface area contributed by atoms with Crippen LogP contribution in [0.1, 0.15) is 65.0 Å². The van der Waals surface area contributed by atoms with Gasteiger partial charge in [0.2, 0.25) is 0 Å². The number of aliphatic hydroxyl groups is 1. The minimum absolute atomic E-state index is 0.0318. The molecular formula is C26H32O8. The number of furan rings is 1. The molecule has 1 aromatic heterocycles. The first-order valence-corrected chi connectivity index (χ1v) is 12.4. The molecular weight excluding hydrogens is 440 g/mol. The first-order chi connectivity index (χ1) is 16.0. The van der Waals surface area contributed by atoms with Crippen molar-refractivity contribution in [3.63, 3.8) is 0 Å². The molecule has 0 bridgehead atoms. The van der Waals surface area contributed by atoms with Gasteiger partial charge in [0.1, 0.15) is 18.3 Å². The number of rotatable bonds is 1. The van der Waals surface area contributed by atoms with Gasteiger partial charge in [0.05, 0.1) is 36.8 Å². The lowest BCUT2D eigenvalue weighted by atomic mass is 9.36. The summed E-state index contributed by atoms with van der Waals surface area (Å²) in [6.45, 7) is 8.63. The van der Waals surface area contributed by atoms with E-state index in [1.807, 2.05) is 6.07 Å². The number of hydrogen-bond acceptors (Lipinski definition) is 8. The summed E-state index contributed by atoms with van der Waals surface area (Å²) in [5.41, 5.74) is -2.27. The van der Waals surface area contributed by atoms with Crippen LogP contribution in [0, 0.1) is 28.1 Å². The maximum atomic E-state index is 13.2. The van der Waals surface area contributed by atoms with Gasteiger partial charge in [0, 0.05) is 27.7 Å². The molecule has 0 unspecified atom stereocenters. The molecule has 184 valence electrons. The van der Waals surface area contributed by atoms with Crippen molar-refractivity contribution in [1.82, 2.24) is 0 Å². The summed E-state index contributed by atoms with van der Waals surface area (Å²) in [5.74, 6) is -0.625. The molecule has 8 heteroatoms. The molecule has 4 aliphatic heterocycles. The van der Waals surface area contributed by atoms with E-state index in [-0.39, 0.29) is 42.9 Å². The predicted molar refractivity (Wildman–Crippen MR) is 115 cm³/mol. The molecule has 0 radical (unpaired) electrons. The summed E-state index contributed by atoms with van der Waals surface area (Å²) in [7, 11) is 0. The lowest BCUT2D eigenvalue weighted by molar-refractivity contribution is -0.261. The Morgan fingerprint density at radius 2 is 1.85 bits per heavy atom. The van der Waals surface area contributed by atoms with Crippen LogP contribution < -0.4 is 0 Å². The number of cyclic esters (lactones) is 2. The van der Waals surface area contributed by atoms with Crippen molar-refractivity contribution in [2.24, 2.45) is 28.1 Å². The fourth-order valence-electron chi connectivity index (χ4n) is 9.62. The zero-order chi connectivity index (χ0) is 23.9. The standard InChI is InChI=1S/C26H32O8/c1-22(2)15-9-16(27)24(4)14(25(15)12-31-18(28)10-17(25)33-22)5-7-23(3)19(13-6-8-30-11-13)32-21(29)20-26(23,24)34-20/h6,8,11,14-17,19-20,27H,5,7,9-10,12H2,1-4H3/t14-,15+,16+,17-,19-,20+,23-,24-,25+,26+/m0/s1. The van der Waals surface area contributed by atoms with Crippen molar-refractivity contribution < 1.29 is 38.1 Å². The van der Waals surface area contributed by atoms with Crippen LogP contribution >= 0.6 is 0 Å². The number of aliphatic hydroxyl groups excluding tert-OH is 1. The first-order valence-electron chi connectivity index (χ1n) is 12.4. The van der Waals surface area contributed by atoms with E-state index in [4.69, 9.17) is 23.4 Å². The van der Waals surface area contributed by atoms with Crippen LogP contribution in [-0.4, -0.2) is 53.2 Å². The summed E-state index contributed by atoms with van der Waals surface area (Å²) >= 11 is 0. The van der Waals surface area contributed by atoms with Gasteiger partial charge in [0.15, 0.2) is 6.10 Å². The minimum atomic E-state index is -0.877. The first kappa shape index (κ1) is 21.4. The maximum absolute atomic E-state index is 13.2. The fourth-order valence-corrected chi connectivity index (χ4v) is 9.62. The molecule has 1 N–H and O–H groups in total. The number of hydrogen-bond donors (Lipinski definition) is 1. The highest BCUT2D eigenvalue weighted by atomic mass is 16.7. The average Bonchev–Trinajstić information content (AvgIpc) is 3.26. The predicted octanol–water partition coefficient (Wildman–Crippen LogP) is 2.93. The van der Waals surface area contributed by atoms with E-state index in [0.717, 1.165) is 18.4 Å². The van der Waals surface area contributed by atoms with Gasteiger partial charge >= 0.3 is 11.9 Å². The highest BCUT2D eigenvalue weighted by Crippen LogP contribution is 2.80. The minimum Gasteiger partial charge on any atom is -0.472 e. The van der Waals surface area contributed by atoms with E-state index >= 15 is 0 Å². The van der Waals surface area contributed by atoms with E-state index < -0.39 is 45.8 Å². The molecule has 4 saturated heterocycles. The molecule has 8 nitrogen and oxygen atoms in total. The van der Waals surface area contributed by atoms with Gasteiger partial charge in [-0.1, -0.05) is 13.8 Å². The zero-order valence-corrected chi connectivity index (χ0v) is 20.0. The van der Waals surface area contributed by atoms with Crippen molar-refractivity contribution in [3.8, 4) is 0 Å². The Balaban J connectivity index is 1.40. The second-order valence-electron chi connectivity index (χ2n) is 12.4. The van der Waals surface area contributed by atoms with Gasteiger partial charge in [-0.05, 0) is 45.1 Å². The number of epoxide rings is 1. The van der Waals surface area contributed by atoms with Crippen molar-refractivity contribution in [2.45, 2.75) is 89.0 Å². The van der Waals surface area contributed by atoms with Crippen LogP contribution in [0.3, 0.4) is 0 Å². The SMILES string of the molecule is CC1(C)O[C@H]2CC(=O)OC[C@@]23[C@@H]1C[C@@H](O)[C@]1(C)[C@@H]3CC[C@@]2(C)[C@H](c3ccoc3)OC(=O)[C@H]3O[C@@]312. The van der Waals surface area contributed by atoms with Crippen LogP contribution in [0.5, 0.6) is 0 Å². The molecule has 6 aliphatic rings. The van der Waals surface area contributed by atoms with Crippen molar-refractivity contribution >= 4 is 11.9 Å². The van der Waals surface area contributed by atoms with Crippen LogP contribution in [0.15, 0.2) is 23.0 Å². The third-order valence-corrected chi connectivity index (χ3v) is 11.0. The highest BCUT2D eigenvalue weighted by molar-refractivity contribution is 5.82. The maximum Gasteiger partial charge on any atom is 0.339 e. The Labute approximate surface area is 198 Å². The van der Waals surface area contributed by atoms with Crippen molar-refractivity contribution in [1.29, 1.82) is 0 Å². The summed E-state index contributed by atoms with van der Waals surface area (Å²) in [6, 6.07) is 1.84. The molecule has 2 saturated carbocycles. The van der Waals surface area contributed by atoms with E-state index in [1.165, 1.54) is 0 Å². The van der Waals surface area contributed by atoms with E-state index in [0.29, 0.717) is 6.42 Å². The quantitative estimate of drug-likeness (QED) is 0.491. The van der Waals surface area contributed by atoms with Gasteiger partial charge in [-0.3, -0.25) is 4.79 Å². The molecule has 5 heterocycles. The lowest BCUT2D eigenvalue weighted by Gasteiger charge is -2.67. The molecule has 1 aromatic rings. The Bertz CT molecular complexity index is 1080. The molecule has 7 rings (SSSR count). The van der Waals surface area contributed by atoms with Gasteiger partial charge in [-0.25, -0.2) is 4.79 Å². The molecule has 34 heavy (non-hydrogen) atoms. The second-order valence-corrected chi connectivity index (χ2v) is 12.4. The monoisotopic (exact) mass is 472 g/mol. The van der Waals surface area contributed by atoms with Crippen molar-refractivity contribution in [2.75, 3.05) is 6.61 Å². The van der Waals surface area contributed by atoms with Crippen LogP contribution in [0.4, 0.5) is 0 Å². The summed E-state index contributed by atoms with van der Waals surface area (Å²) < 4.78 is 30.0. The Kier molecular flexibility index (Phi) is 3.82. The third-order valence-electron chi connectivity index (χ3n) is 11.0. The number of fused-ring (bicyclic) bond motifs is 1. The molecule has 0 amide bonds. The topological polar surface area (TPSA) is 108 Å². The molecule has 6 fully saturated rings.